The van der Waals surface area contributed by atoms with Gasteiger partial charge in [0, 0.05) is 11.7 Å². The van der Waals surface area contributed by atoms with Crippen LogP contribution in [0.1, 0.15) is 36.0 Å². The molecular weight excluding hydrogens is 226 g/mol. The van der Waals surface area contributed by atoms with Crippen molar-refractivity contribution in [2.24, 2.45) is 11.8 Å². The number of methoxy groups -OCH3 is 1. The molecule has 1 aromatic rings. The zero-order chi connectivity index (χ0) is 12.5. The van der Waals surface area contributed by atoms with Crippen LogP contribution in [0.3, 0.4) is 0 Å². The molecule has 1 aromatic carbocycles. The van der Waals surface area contributed by atoms with Crippen molar-refractivity contribution in [3.63, 3.8) is 0 Å². The van der Waals surface area contributed by atoms with Gasteiger partial charge in [-0.3, -0.25) is 0 Å². The first-order valence-electron chi connectivity index (χ1n) is 6.72. The van der Waals surface area contributed by atoms with Crippen molar-refractivity contribution in [1.29, 1.82) is 0 Å². The lowest BCUT2D eigenvalue weighted by molar-refractivity contribution is 0.0601. The highest BCUT2D eigenvalue weighted by Crippen LogP contribution is 2.45. The smallest absolute Gasteiger partial charge is 0.339 e. The van der Waals surface area contributed by atoms with Gasteiger partial charge in [0.15, 0.2) is 0 Å². The summed E-state index contributed by atoms with van der Waals surface area (Å²) < 4.78 is 4.82. The van der Waals surface area contributed by atoms with Crippen LogP contribution < -0.4 is 5.32 Å². The largest absolute Gasteiger partial charge is 0.465 e. The maximum absolute atomic E-state index is 11.7. The van der Waals surface area contributed by atoms with Crippen molar-refractivity contribution in [1.82, 2.24) is 0 Å². The van der Waals surface area contributed by atoms with E-state index in [9.17, 15) is 4.79 Å². The molecule has 2 aliphatic rings. The Balaban J connectivity index is 1.78. The summed E-state index contributed by atoms with van der Waals surface area (Å²) in [6, 6.07) is 8.16. The molecule has 0 aromatic heterocycles. The van der Waals surface area contributed by atoms with Crippen LogP contribution in [0, 0.1) is 11.8 Å². The minimum absolute atomic E-state index is 0.263. The Hall–Kier alpha value is -1.51. The summed E-state index contributed by atoms with van der Waals surface area (Å²) in [7, 11) is 1.43. The molecule has 0 heterocycles. The number of hydrogen-bond donors (Lipinski definition) is 1. The van der Waals surface area contributed by atoms with E-state index in [4.69, 9.17) is 4.74 Å². The second-order valence-electron chi connectivity index (χ2n) is 5.46. The highest BCUT2D eigenvalue weighted by atomic mass is 16.5. The first kappa shape index (κ1) is 11.6. The number of benzene rings is 1. The molecule has 0 amide bonds. The first-order valence-corrected chi connectivity index (χ1v) is 6.72. The van der Waals surface area contributed by atoms with Gasteiger partial charge in [0.1, 0.15) is 0 Å². The molecule has 3 rings (SSSR count). The van der Waals surface area contributed by atoms with Gasteiger partial charge in [0.25, 0.3) is 0 Å². The van der Waals surface area contributed by atoms with Gasteiger partial charge in [0.2, 0.25) is 0 Å². The molecule has 3 atom stereocenters. The average molecular weight is 245 g/mol. The molecule has 3 unspecified atom stereocenters. The molecule has 2 bridgehead atoms. The third-order valence-electron chi connectivity index (χ3n) is 4.41. The lowest BCUT2D eigenvalue weighted by Crippen LogP contribution is -2.26. The van der Waals surface area contributed by atoms with Crippen LogP contribution in [-0.4, -0.2) is 19.1 Å². The van der Waals surface area contributed by atoms with Crippen LogP contribution in [0.2, 0.25) is 0 Å². The standard InChI is InChI=1S/C15H19NO2/c1-18-15(17)12-4-2-3-5-13(12)16-14-9-10-6-7-11(14)8-10/h2-5,10-11,14,16H,6-9H2,1H3. The Morgan fingerprint density at radius 1 is 1.28 bits per heavy atom. The van der Waals surface area contributed by atoms with E-state index < -0.39 is 0 Å². The molecule has 0 aliphatic heterocycles. The van der Waals surface area contributed by atoms with E-state index in [-0.39, 0.29) is 5.97 Å². The van der Waals surface area contributed by atoms with Crippen LogP contribution in [0.25, 0.3) is 0 Å². The number of carbonyl (C=O) groups is 1. The fourth-order valence-electron chi connectivity index (χ4n) is 3.52. The van der Waals surface area contributed by atoms with Crippen molar-refractivity contribution in [3.05, 3.63) is 29.8 Å². The van der Waals surface area contributed by atoms with E-state index in [2.05, 4.69) is 5.32 Å². The van der Waals surface area contributed by atoms with Gasteiger partial charge in [-0.25, -0.2) is 4.79 Å². The Labute approximate surface area is 108 Å². The number of carbonyl (C=O) groups excluding carboxylic acids is 1. The highest BCUT2D eigenvalue weighted by molar-refractivity contribution is 5.95. The minimum atomic E-state index is -0.263. The van der Waals surface area contributed by atoms with Gasteiger partial charge in [-0.05, 0) is 43.2 Å². The first-order chi connectivity index (χ1) is 8.78. The molecular formula is C15H19NO2. The quantitative estimate of drug-likeness (QED) is 0.832. The second kappa shape index (κ2) is 4.63. The van der Waals surface area contributed by atoms with Crippen LogP contribution in [0.15, 0.2) is 24.3 Å². The molecule has 18 heavy (non-hydrogen) atoms. The Morgan fingerprint density at radius 3 is 2.78 bits per heavy atom. The minimum Gasteiger partial charge on any atom is -0.465 e. The average Bonchev–Trinajstić information content (AvgIpc) is 3.01. The maximum atomic E-state index is 11.7. The molecule has 3 heteroatoms. The van der Waals surface area contributed by atoms with E-state index in [1.54, 1.807) is 0 Å². The molecule has 2 fully saturated rings. The number of hydrogen-bond acceptors (Lipinski definition) is 3. The summed E-state index contributed by atoms with van der Waals surface area (Å²) in [6.45, 7) is 0. The lowest BCUT2D eigenvalue weighted by Gasteiger charge is -2.24. The van der Waals surface area contributed by atoms with Crippen LogP contribution in [0.4, 0.5) is 5.69 Å². The van der Waals surface area contributed by atoms with Gasteiger partial charge >= 0.3 is 5.97 Å². The van der Waals surface area contributed by atoms with E-state index in [0.717, 1.165) is 17.5 Å². The van der Waals surface area contributed by atoms with Gasteiger partial charge in [-0.15, -0.1) is 0 Å². The molecule has 0 radical (unpaired) electrons. The van der Waals surface area contributed by atoms with Crippen LogP contribution in [0.5, 0.6) is 0 Å². The maximum Gasteiger partial charge on any atom is 0.339 e. The van der Waals surface area contributed by atoms with Crippen molar-refractivity contribution >= 4 is 11.7 Å². The van der Waals surface area contributed by atoms with Crippen LogP contribution in [-0.2, 0) is 4.74 Å². The fraction of sp³-hybridized carbons (Fsp3) is 0.533. The van der Waals surface area contributed by atoms with E-state index in [1.165, 1.54) is 32.8 Å². The summed E-state index contributed by atoms with van der Waals surface area (Å²) in [5.74, 6) is 1.43. The van der Waals surface area contributed by atoms with Gasteiger partial charge in [-0.2, -0.15) is 0 Å². The number of fused-ring (bicyclic) bond motifs is 2. The fourth-order valence-corrected chi connectivity index (χ4v) is 3.52. The predicted octanol–water partition coefficient (Wildman–Crippen LogP) is 3.07. The van der Waals surface area contributed by atoms with Crippen molar-refractivity contribution < 1.29 is 9.53 Å². The van der Waals surface area contributed by atoms with E-state index >= 15 is 0 Å². The molecule has 2 aliphatic carbocycles. The molecule has 1 N–H and O–H groups in total. The number of nitrogens with one attached hydrogen (secondary N) is 1. The van der Waals surface area contributed by atoms with Gasteiger partial charge in [-0.1, -0.05) is 18.6 Å². The number of anilines is 1. The Morgan fingerprint density at radius 2 is 2.11 bits per heavy atom. The molecule has 0 saturated heterocycles. The summed E-state index contributed by atoms with van der Waals surface area (Å²) in [6.07, 6.45) is 5.34. The normalized spacial score (nSPS) is 29.3. The summed E-state index contributed by atoms with van der Waals surface area (Å²) >= 11 is 0. The molecule has 3 nitrogen and oxygen atoms in total. The van der Waals surface area contributed by atoms with E-state index in [1.807, 2.05) is 24.3 Å². The summed E-state index contributed by atoms with van der Waals surface area (Å²) in [5.41, 5.74) is 1.56. The summed E-state index contributed by atoms with van der Waals surface area (Å²) in [5, 5.41) is 3.56. The second-order valence-corrected chi connectivity index (χ2v) is 5.46. The molecule has 2 saturated carbocycles. The number of rotatable bonds is 3. The topological polar surface area (TPSA) is 38.3 Å². The predicted molar refractivity (Wildman–Crippen MR) is 70.6 cm³/mol. The number of esters is 1. The highest BCUT2D eigenvalue weighted by Gasteiger charge is 2.39. The zero-order valence-electron chi connectivity index (χ0n) is 10.7. The summed E-state index contributed by atoms with van der Waals surface area (Å²) in [4.78, 5) is 11.7. The lowest BCUT2D eigenvalue weighted by atomic mass is 9.95. The van der Waals surface area contributed by atoms with Crippen molar-refractivity contribution in [2.45, 2.75) is 31.7 Å². The zero-order valence-corrected chi connectivity index (χ0v) is 10.7. The van der Waals surface area contributed by atoms with Crippen molar-refractivity contribution in [2.75, 3.05) is 12.4 Å². The van der Waals surface area contributed by atoms with Gasteiger partial charge < -0.3 is 10.1 Å². The third kappa shape index (κ3) is 1.98. The van der Waals surface area contributed by atoms with Gasteiger partial charge in [0.05, 0.1) is 12.7 Å². The third-order valence-corrected chi connectivity index (χ3v) is 4.41. The molecule has 96 valence electrons. The number of para-hydroxylation sites is 1. The number of ether oxygens (including phenoxy) is 1. The Kier molecular flexibility index (Phi) is 2.98. The monoisotopic (exact) mass is 245 g/mol. The SMILES string of the molecule is COC(=O)c1ccccc1NC1CC2CCC1C2. The van der Waals surface area contributed by atoms with Crippen LogP contribution >= 0.6 is 0 Å². The molecule has 0 spiro atoms. The Bertz CT molecular complexity index is 458. The van der Waals surface area contributed by atoms with Crippen molar-refractivity contribution in [3.8, 4) is 0 Å². The van der Waals surface area contributed by atoms with E-state index in [0.29, 0.717) is 11.6 Å².